The first-order valence-electron chi connectivity index (χ1n) is 9.26. The Morgan fingerprint density at radius 3 is 2.85 bits per heavy atom. The molecule has 2 fully saturated rings. The van der Waals surface area contributed by atoms with E-state index in [9.17, 15) is 14.7 Å². The lowest BCUT2D eigenvalue weighted by atomic mass is 9.81. The van der Waals surface area contributed by atoms with E-state index >= 15 is 0 Å². The average molecular weight is 364 g/mol. The molecule has 144 valence electrons. The number of allylic oxidation sites excluding steroid dienone is 1. The van der Waals surface area contributed by atoms with Gasteiger partial charge >= 0.3 is 11.9 Å². The summed E-state index contributed by atoms with van der Waals surface area (Å²) in [6.07, 6.45) is 0.921. The smallest absolute Gasteiger partial charge is 0.334 e. The van der Waals surface area contributed by atoms with Crippen LogP contribution in [0.3, 0.4) is 0 Å². The van der Waals surface area contributed by atoms with Gasteiger partial charge in [-0.1, -0.05) is 26.5 Å². The summed E-state index contributed by atoms with van der Waals surface area (Å²) in [4.78, 5) is 24.3. The standard InChI is InChI=1S/C20H28O6/c1-10(2)9-13(21)24-16-11(3)7-6-8-20(5)18(26-20)17-14(15(16)22)12(4)19(23)25-17/h7,10,14-18,22H,4,6,8-9H2,1-3,5H3/b11-7+/t14-,15-,16-,17-,18+,20+/m1/s1. The lowest BCUT2D eigenvalue weighted by molar-refractivity contribution is -0.156. The Hall–Kier alpha value is -1.66. The highest BCUT2D eigenvalue weighted by Gasteiger charge is 2.63. The maximum atomic E-state index is 12.2. The van der Waals surface area contributed by atoms with Gasteiger partial charge in [-0.05, 0) is 38.2 Å². The van der Waals surface area contributed by atoms with Gasteiger partial charge in [0.2, 0.25) is 0 Å². The molecule has 6 atom stereocenters. The molecule has 26 heavy (non-hydrogen) atoms. The minimum absolute atomic E-state index is 0.156. The number of aliphatic hydroxyl groups is 1. The number of ether oxygens (including phenoxy) is 3. The first-order chi connectivity index (χ1) is 12.1. The number of carbonyl (C=O) groups is 2. The summed E-state index contributed by atoms with van der Waals surface area (Å²) in [5.74, 6) is -1.39. The van der Waals surface area contributed by atoms with Crippen LogP contribution in [-0.2, 0) is 23.8 Å². The fraction of sp³-hybridized carbons (Fsp3) is 0.700. The Labute approximate surface area is 154 Å². The van der Waals surface area contributed by atoms with E-state index < -0.39 is 30.2 Å². The van der Waals surface area contributed by atoms with Crippen molar-refractivity contribution in [1.82, 2.24) is 0 Å². The van der Waals surface area contributed by atoms with Crippen LogP contribution in [0.5, 0.6) is 0 Å². The van der Waals surface area contributed by atoms with E-state index in [0.717, 1.165) is 18.4 Å². The predicted octanol–water partition coefficient (Wildman–Crippen LogP) is 2.30. The summed E-state index contributed by atoms with van der Waals surface area (Å²) in [5.41, 5.74) is 0.604. The molecule has 0 amide bonds. The Bertz CT molecular complexity index is 651. The Morgan fingerprint density at radius 2 is 2.19 bits per heavy atom. The number of aliphatic hydroxyl groups excluding tert-OH is 1. The summed E-state index contributed by atoms with van der Waals surface area (Å²) in [7, 11) is 0. The Morgan fingerprint density at radius 1 is 1.50 bits per heavy atom. The predicted molar refractivity (Wildman–Crippen MR) is 94.1 cm³/mol. The molecule has 0 bridgehead atoms. The summed E-state index contributed by atoms with van der Waals surface area (Å²) in [6.45, 7) is 11.5. The van der Waals surface area contributed by atoms with Crippen LogP contribution in [0.25, 0.3) is 0 Å². The van der Waals surface area contributed by atoms with Crippen molar-refractivity contribution in [2.75, 3.05) is 0 Å². The third-order valence-electron chi connectivity index (χ3n) is 5.57. The molecule has 6 heteroatoms. The van der Waals surface area contributed by atoms with E-state index in [1.165, 1.54) is 0 Å². The van der Waals surface area contributed by atoms with Gasteiger partial charge in [0.1, 0.15) is 24.4 Å². The molecule has 2 heterocycles. The van der Waals surface area contributed by atoms with Crippen LogP contribution in [0, 0.1) is 11.8 Å². The zero-order chi connectivity index (χ0) is 19.2. The topological polar surface area (TPSA) is 85.4 Å². The molecule has 1 aliphatic carbocycles. The van der Waals surface area contributed by atoms with Gasteiger partial charge in [-0.2, -0.15) is 0 Å². The highest BCUT2D eigenvalue weighted by Crippen LogP contribution is 2.50. The van der Waals surface area contributed by atoms with E-state index in [1.54, 1.807) is 0 Å². The van der Waals surface area contributed by atoms with Gasteiger partial charge in [0.05, 0.1) is 11.5 Å². The molecule has 0 aromatic carbocycles. The highest BCUT2D eigenvalue weighted by molar-refractivity contribution is 5.91. The van der Waals surface area contributed by atoms with Crippen molar-refractivity contribution in [2.45, 2.75) is 77.0 Å². The second-order valence-electron chi connectivity index (χ2n) is 8.26. The van der Waals surface area contributed by atoms with Crippen molar-refractivity contribution in [3.8, 4) is 0 Å². The molecule has 0 aromatic heterocycles. The summed E-state index contributed by atoms with van der Waals surface area (Å²) in [6, 6.07) is 0. The van der Waals surface area contributed by atoms with Crippen molar-refractivity contribution < 1.29 is 28.9 Å². The lowest BCUT2D eigenvalue weighted by Crippen LogP contribution is -2.44. The van der Waals surface area contributed by atoms with E-state index in [2.05, 4.69) is 6.58 Å². The lowest BCUT2D eigenvalue weighted by Gasteiger charge is -2.31. The first-order valence-corrected chi connectivity index (χ1v) is 9.26. The third kappa shape index (κ3) is 3.45. The average Bonchev–Trinajstić information content (AvgIpc) is 3.11. The molecule has 0 aromatic rings. The molecule has 2 aliphatic heterocycles. The van der Waals surface area contributed by atoms with Gasteiger partial charge in [-0.15, -0.1) is 0 Å². The monoisotopic (exact) mass is 364 g/mol. The quantitative estimate of drug-likeness (QED) is 0.358. The Kier molecular flexibility index (Phi) is 5.01. The largest absolute Gasteiger partial charge is 0.455 e. The van der Waals surface area contributed by atoms with Crippen molar-refractivity contribution in [3.63, 3.8) is 0 Å². The van der Waals surface area contributed by atoms with Crippen molar-refractivity contribution in [2.24, 2.45) is 11.8 Å². The molecule has 0 saturated carbocycles. The number of epoxide rings is 1. The molecule has 3 rings (SSSR count). The fourth-order valence-electron chi connectivity index (χ4n) is 3.98. The SMILES string of the molecule is C=C1C(=O)O[C@@H]2[C@H]1[C@@H](O)[C@H](OC(=O)CC(C)C)/C(C)=C/CC[C@]1(C)O[C@@H]21. The van der Waals surface area contributed by atoms with Crippen LogP contribution in [0.1, 0.15) is 47.0 Å². The van der Waals surface area contributed by atoms with E-state index in [0.29, 0.717) is 0 Å². The summed E-state index contributed by atoms with van der Waals surface area (Å²) < 4.78 is 16.9. The van der Waals surface area contributed by atoms with Crippen LogP contribution >= 0.6 is 0 Å². The molecule has 1 N–H and O–H groups in total. The van der Waals surface area contributed by atoms with Gasteiger partial charge in [-0.3, -0.25) is 4.79 Å². The summed E-state index contributed by atoms with van der Waals surface area (Å²) in [5, 5.41) is 11.1. The molecule has 6 nitrogen and oxygen atoms in total. The second-order valence-corrected chi connectivity index (χ2v) is 8.26. The van der Waals surface area contributed by atoms with Crippen molar-refractivity contribution >= 4 is 11.9 Å². The van der Waals surface area contributed by atoms with Crippen LogP contribution in [0.15, 0.2) is 23.8 Å². The van der Waals surface area contributed by atoms with Crippen molar-refractivity contribution in [3.05, 3.63) is 23.8 Å². The van der Waals surface area contributed by atoms with Gasteiger partial charge in [0.25, 0.3) is 0 Å². The Balaban J connectivity index is 1.91. The van der Waals surface area contributed by atoms with E-state index in [1.807, 2.05) is 33.8 Å². The number of esters is 2. The summed E-state index contributed by atoms with van der Waals surface area (Å²) >= 11 is 0. The third-order valence-corrected chi connectivity index (χ3v) is 5.57. The zero-order valence-corrected chi connectivity index (χ0v) is 15.9. The molecular formula is C20H28O6. The van der Waals surface area contributed by atoms with E-state index in [4.69, 9.17) is 14.2 Å². The number of hydrogen-bond donors (Lipinski definition) is 1. The molecule has 3 aliphatic rings. The number of fused-ring (bicyclic) bond motifs is 3. The normalized spacial score (nSPS) is 41.6. The van der Waals surface area contributed by atoms with Crippen molar-refractivity contribution in [1.29, 1.82) is 0 Å². The van der Waals surface area contributed by atoms with Gasteiger partial charge < -0.3 is 19.3 Å². The number of hydrogen-bond acceptors (Lipinski definition) is 6. The molecular weight excluding hydrogens is 336 g/mol. The molecule has 0 unspecified atom stereocenters. The molecule has 0 radical (unpaired) electrons. The number of carbonyl (C=O) groups excluding carboxylic acids is 2. The maximum absolute atomic E-state index is 12.2. The molecule has 0 spiro atoms. The zero-order valence-electron chi connectivity index (χ0n) is 15.9. The fourth-order valence-corrected chi connectivity index (χ4v) is 3.98. The molecule has 2 saturated heterocycles. The number of rotatable bonds is 3. The highest BCUT2D eigenvalue weighted by atomic mass is 16.6. The maximum Gasteiger partial charge on any atom is 0.334 e. The second kappa shape index (κ2) is 6.82. The van der Waals surface area contributed by atoms with Crippen LogP contribution < -0.4 is 0 Å². The van der Waals surface area contributed by atoms with Crippen LogP contribution in [0.4, 0.5) is 0 Å². The van der Waals surface area contributed by atoms with Crippen LogP contribution in [-0.4, -0.2) is 47.1 Å². The van der Waals surface area contributed by atoms with Gasteiger partial charge in [0, 0.05) is 12.0 Å². The van der Waals surface area contributed by atoms with Gasteiger partial charge in [-0.25, -0.2) is 4.79 Å². The van der Waals surface area contributed by atoms with E-state index in [-0.39, 0.29) is 35.6 Å². The first kappa shape index (κ1) is 19.1. The minimum atomic E-state index is -1.11. The van der Waals surface area contributed by atoms with Gasteiger partial charge in [0.15, 0.2) is 0 Å². The minimum Gasteiger partial charge on any atom is -0.455 e. The van der Waals surface area contributed by atoms with Crippen LogP contribution in [0.2, 0.25) is 0 Å².